The quantitative estimate of drug-likeness (QED) is 0.885. The molecule has 1 aromatic rings. The van der Waals surface area contributed by atoms with Crippen LogP contribution in [0.4, 0.5) is 5.69 Å². The summed E-state index contributed by atoms with van der Waals surface area (Å²) in [6.07, 6.45) is 1.45. The van der Waals surface area contributed by atoms with Crippen LogP contribution >= 0.6 is 0 Å². The molecule has 0 radical (unpaired) electrons. The molecule has 1 aliphatic rings. The van der Waals surface area contributed by atoms with Crippen molar-refractivity contribution in [3.05, 3.63) is 24.3 Å². The van der Waals surface area contributed by atoms with Crippen molar-refractivity contribution in [3.63, 3.8) is 0 Å². The normalized spacial score (nSPS) is 19.3. The average molecular weight is 262 g/mol. The van der Waals surface area contributed by atoms with E-state index in [9.17, 15) is 4.79 Å². The third-order valence-electron chi connectivity index (χ3n) is 3.25. The van der Waals surface area contributed by atoms with Gasteiger partial charge in [0.15, 0.2) is 0 Å². The molecule has 1 heterocycles. The molecule has 0 bridgehead atoms. The molecule has 1 unspecified atom stereocenters. The number of rotatable bonds is 5. The number of benzene rings is 1. The Morgan fingerprint density at radius 2 is 2.26 bits per heavy atom. The Labute approximate surface area is 114 Å². The maximum absolute atomic E-state index is 11.8. The highest BCUT2D eigenvalue weighted by Crippen LogP contribution is 2.25. The highest BCUT2D eigenvalue weighted by molar-refractivity contribution is 5.96. The van der Waals surface area contributed by atoms with Crippen molar-refractivity contribution < 1.29 is 9.53 Å². The summed E-state index contributed by atoms with van der Waals surface area (Å²) in [5.74, 6) is 1.53. The van der Waals surface area contributed by atoms with Crippen LogP contribution in [0.3, 0.4) is 0 Å². The number of carbonyl (C=O) groups is 1. The lowest BCUT2D eigenvalue weighted by Crippen LogP contribution is -2.27. The Kier molecular flexibility index (Phi) is 4.43. The molecule has 1 fully saturated rings. The summed E-state index contributed by atoms with van der Waals surface area (Å²) < 4.78 is 5.71. The molecule has 0 aliphatic carbocycles. The molecular weight excluding hydrogens is 240 g/mol. The number of carbonyl (C=O) groups excluding carboxylic acids is 1. The molecule has 2 N–H and O–H groups in total. The molecule has 1 aromatic carbocycles. The van der Waals surface area contributed by atoms with Gasteiger partial charge in [0.2, 0.25) is 5.91 Å². The third-order valence-corrected chi connectivity index (χ3v) is 3.25. The molecule has 104 valence electrons. The Bertz CT molecular complexity index is 446. The van der Waals surface area contributed by atoms with Crippen LogP contribution in [0, 0.1) is 5.92 Å². The predicted octanol–water partition coefficient (Wildman–Crippen LogP) is 2.18. The molecular formula is C15H22N2O2. The minimum atomic E-state index is -0.0574. The summed E-state index contributed by atoms with van der Waals surface area (Å²) in [4.78, 5) is 13.5. The fourth-order valence-corrected chi connectivity index (χ4v) is 2.14. The number of ether oxygens (including phenoxy) is 1. The minimum Gasteiger partial charge on any atom is -0.494 e. The van der Waals surface area contributed by atoms with E-state index in [1.54, 1.807) is 4.90 Å². The van der Waals surface area contributed by atoms with Crippen molar-refractivity contribution in [2.75, 3.05) is 18.1 Å². The zero-order valence-corrected chi connectivity index (χ0v) is 11.6. The van der Waals surface area contributed by atoms with E-state index in [-0.39, 0.29) is 11.9 Å². The van der Waals surface area contributed by atoms with Crippen LogP contribution in [0.1, 0.15) is 26.7 Å². The smallest absolute Gasteiger partial charge is 0.228 e. The van der Waals surface area contributed by atoms with E-state index in [1.807, 2.05) is 24.3 Å². The van der Waals surface area contributed by atoms with Gasteiger partial charge in [-0.1, -0.05) is 19.9 Å². The van der Waals surface area contributed by atoms with Gasteiger partial charge in [-0.25, -0.2) is 0 Å². The zero-order chi connectivity index (χ0) is 13.8. The van der Waals surface area contributed by atoms with Crippen molar-refractivity contribution in [2.45, 2.75) is 32.7 Å². The first-order valence-corrected chi connectivity index (χ1v) is 6.85. The van der Waals surface area contributed by atoms with Gasteiger partial charge in [0.05, 0.1) is 6.61 Å². The Hall–Kier alpha value is -1.55. The van der Waals surface area contributed by atoms with Crippen LogP contribution in [0.5, 0.6) is 5.75 Å². The number of hydrogen-bond donors (Lipinski definition) is 1. The fraction of sp³-hybridized carbons (Fsp3) is 0.533. The van der Waals surface area contributed by atoms with Crippen LogP contribution in [0.25, 0.3) is 0 Å². The van der Waals surface area contributed by atoms with Gasteiger partial charge in [0.25, 0.3) is 0 Å². The monoisotopic (exact) mass is 262 g/mol. The highest BCUT2D eigenvalue weighted by Gasteiger charge is 2.28. The van der Waals surface area contributed by atoms with Gasteiger partial charge < -0.3 is 15.4 Å². The van der Waals surface area contributed by atoms with E-state index in [0.717, 1.165) is 17.9 Å². The van der Waals surface area contributed by atoms with Crippen LogP contribution < -0.4 is 15.4 Å². The lowest BCUT2D eigenvalue weighted by atomic mass is 10.1. The second-order valence-electron chi connectivity index (χ2n) is 5.50. The van der Waals surface area contributed by atoms with Gasteiger partial charge in [0, 0.05) is 30.8 Å². The van der Waals surface area contributed by atoms with Gasteiger partial charge in [0.1, 0.15) is 5.75 Å². The minimum absolute atomic E-state index is 0.0574. The van der Waals surface area contributed by atoms with Gasteiger partial charge in [-0.3, -0.25) is 4.79 Å². The molecule has 1 amide bonds. The van der Waals surface area contributed by atoms with E-state index >= 15 is 0 Å². The zero-order valence-electron chi connectivity index (χ0n) is 11.6. The summed E-state index contributed by atoms with van der Waals surface area (Å²) >= 11 is 0. The Morgan fingerprint density at radius 1 is 1.47 bits per heavy atom. The highest BCUT2D eigenvalue weighted by atomic mass is 16.5. The maximum atomic E-state index is 11.8. The van der Waals surface area contributed by atoms with E-state index in [0.29, 0.717) is 25.5 Å². The van der Waals surface area contributed by atoms with E-state index in [2.05, 4.69) is 13.8 Å². The summed E-state index contributed by atoms with van der Waals surface area (Å²) in [6, 6.07) is 7.61. The van der Waals surface area contributed by atoms with Gasteiger partial charge >= 0.3 is 0 Å². The molecule has 0 spiro atoms. The predicted molar refractivity (Wildman–Crippen MR) is 76.3 cm³/mol. The molecule has 1 saturated heterocycles. The van der Waals surface area contributed by atoms with Crippen molar-refractivity contribution >= 4 is 11.6 Å². The fourth-order valence-electron chi connectivity index (χ4n) is 2.14. The average Bonchev–Trinajstić information content (AvgIpc) is 2.68. The summed E-state index contributed by atoms with van der Waals surface area (Å²) in [5, 5.41) is 0. The molecule has 2 rings (SSSR count). The lowest BCUT2D eigenvalue weighted by molar-refractivity contribution is -0.117. The molecule has 19 heavy (non-hydrogen) atoms. The number of hydrogen-bond acceptors (Lipinski definition) is 3. The third kappa shape index (κ3) is 3.70. The van der Waals surface area contributed by atoms with Crippen LogP contribution in [-0.2, 0) is 4.79 Å². The first-order valence-electron chi connectivity index (χ1n) is 6.85. The van der Waals surface area contributed by atoms with E-state index < -0.39 is 0 Å². The van der Waals surface area contributed by atoms with Crippen LogP contribution in [0.2, 0.25) is 0 Å². The summed E-state index contributed by atoms with van der Waals surface area (Å²) in [5.41, 5.74) is 6.69. The number of nitrogens with two attached hydrogens (primary N) is 1. The maximum Gasteiger partial charge on any atom is 0.228 e. The van der Waals surface area contributed by atoms with Crippen molar-refractivity contribution in [3.8, 4) is 5.75 Å². The van der Waals surface area contributed by atoms with Crippen molar-refractivity contribution in [2.24, 2.45) is 11.7 Å². The van der Waals surface area contributed by atoms with E-state index in [1.165, 1.54) is 0 Å². The topological polar surface area (TPSA) is 55.6 Å². The Morgan fingerprint density at radius 3 is 2.89 bits per heavy atom. The first-order chi connectivity index (χ1) is 9.06. The molecule has 0 saturated carbocycles. The molecule has 4 heteroatoms. The van der Waals surface area contributed by atoms with Crippen molar-refractivity contribution in [1.29, 1.82) is 0 Å². The Balaban J connectivity index is 2.01. The summed E-state index contributed by atoms with van der Waals surface area (Å²) in [7, 11) is 0. The van der Waals surface area contributed by atoms with Crippen LogP contribution in [0.15, 0.2) is 24.3 Å². The second-order valence-corrected chi connectivity index (χ2v) is 5.50. The molecule has 1 aliphatic heterocycles. The van der Waals surface area contributed by atoms with E-state index in [4.69, 9.17) is 10.5 Å². The summed E-state index contributed by atoms with van der Waals surface area (Å²) in [6.45, 7) is 5.64. The van der Waals surface area contributed by atoms with Gasteiger partial charge in [-0.15, -0.1) is 0 Å². The molecule has 4 nitrogen and oxygen atoms in total. The number of anilines is 1. The van der Waals surface area contributed by atoms with Crippen molar-refractivity contribution in [1.82, 2.24) is 0 Å². The lowest BCUT2D eigenvalue weighted by Gasteiger charge is -2.17. The van der Waals surface area contributed by atoms with Crippen LogP contribution in [-0.4, -0.2) is 25.1 Å². The molecule has 1 atom stereocenters. The second kappa shape index (κ2) is 6.06. The van der Waals surface area contributed by atoms with Gasteiger partial charge in [-0.2, -0.15) is 0 Å². The molecule has 0 aromatic heterocycles. The number of amides is 1. The number of nitrogens with zero attached hydrogens (tertiary/aromatic N) is 1. The first kappa shape index (κ1) is 13.9. The van der Waals surface area contributed by atoms with Gasteiger partial charge in [-0.05, 0) is 24.5 Å². The standard InChI is InChI=1S/C15H22N2O2/c1-11(2)6-7-19-14-5-3-4-13(9-14)17-10-12(16)8-15(17)18/h3-5,9,11-12H,6-8,10,16H2,1-2H3. The SMILES string of the molecule is CC(C)CCOc1cccc(N2CC(N)CC2=O)c1. The largest absolute Gasteiger partial charge is 0.494 e.